The number of aromatic nitrogens is 2. The van der Waals surface area contributed by atoms with Gasteiger partial charge < -0.3 is 5.73 Å². The van der Waals surface area contributed by atoms with Crippen molar-refractivity contribution in [2.24, 2.45) is 12.8 Å². The van der Waals surface area contributed by atoms with Gasteiger partial charge in [0.2, 0.25) is 6.41 Å². The molecule has 0 saturated heterocycles. The van der Waals surface area contributed by atoms with Crippen LogP contribution in [0.3, 0.4) is 0 Å². The predicted molar refractivity (Wildman–Crippen MR) is 61.6 cm³/mol. The second-order valence-corrected chi connectivity index (χ2v) is 4.09. The second kappa shape index (κ2) is 6.22. The Labute approximate surface area is 91.5 Å². The van der Waals surface area contributed by atoms with Crippen molar-refractivity contribution < 1.29 is 4.79 Å². The van der Waals surface area contributed by atoms with Gasteiger partial charge in [0.05, 0.1) is 5.69 Å². The number of amides is 1. The first kappa shape index (κ1) is 13.7. The Kier molecular flexibility index (Phi) is 5.67. The van der Waals surface area contributed by atoms with Crippen LogP contribution in [0, 0.1) is 0 Å². The van der Waals surface area contributed by atoms with Crippen LogP contribution in [-0.2, 0) is 11.8 Å². The van der Waals surface area contributed by atoms with Crippen molar-refractivity contribution >= 4 is 6.41 Å². The van der Waals surface area contributed by atoms with Crippen LogP contribution in [0.15, 0.2) is 6.20 Å². The van der Waals surface area contributed by atoms with Gasteiger partial charge in [0, 0.05) is 13.2 Å². The smallest absolute Gasteiger partial charge is 0.204 e. The van der Waals surface area contributed by atoms with E-state index in [1.54, 1.807) is 0 Å². The van der Waals surface area contributed by atoms with Crippen molar-refractivity contribution in [3.63, 3.8) is 0 Å². The average Bonchev–Trinajstić information content (AvgIpc) is 2.48. The number of nitrogens with two attached hydrogens (primary N) is 1. The second-order valence-electron chi connectivity index (χ2n) is 4.09. The molecule has 0 spiro atoms. The molecule has 0 fully saturated rings. The summed E-state index contributed by atoms with van der Waals surface area (Å²) in [6.07, 6.45) is 2.38. The highest BCUT2D eigenvalue weighted by molar-refractivity contribution is 5.42. The summed E-state index contributed by atoms with van der Waals surface area (Å²) in [5.74, 6) is 1.11. The molecule has 2 N–H and O–H groups in total. The average molecular weight is 211 g/mol. The van der Waals surface area contributed by atoms with E-state index in [4.69, 9.17) is 4.79 Å². The fourth-order valence-corrected chi connectivity index (χ4v) is 1.42. The molecule has 0 atom stereocenters. The Morgan fingerprint density at radius 3 is 2.07 bits per heavy atom. The molecule has 15 heavy (non-hydrogen) atoms. The summed E-state index contributed by atoms with van der Waals surface area (Å²) in [5.41, 5.74) is 6.79. The first-order chi connectivity index (χ1) is 6.93. The highest BCUT2D eigenvalue weighted by Gasteiger charge is 2.13. The number of hydrogen-bond donors (Lipinski definition) is 1. The summed E-state index contributed by atoms with van der Waals surface area (Å²) >= 11 is 0. The largest absolute Gasteiger partial charge is 0.372 e. The van der Waals surface area contributed by atoms with Crippen LogP contribution in [0.5, 0.6) is 0 Å². The third kappa shape index (κ3) is 4.14. The van der Waals surface area contributed by atoms with Gasteiger partial charge in [-0.3, -0.25) is 9.48 Å². The summed E-state index contributed by atoms with van der Waals surface area (Å²) < 4.78 is 1.91. The highest BCUT2D eigenvalue weighted by atomic mass is 16.1. The molecule has 1 heterocycles. The van der Waals surface area contributed by atoms with Gasteiger partial charge in [0.15, 0.2) is 0 Å². The van der Waals surface area contributed by atoms with E-state index in [9.17, 15) is 0 Å². The number of carbonyl (C=O) groups excluding carboxylic acids is 1. The Morgan fingerprint density at radius 2 is 1.80 bits per heavy atom. The number of hydrogen-bond acceptors (Lipinski definition) is 2. The number of aryl methyl sites for hydroxylation is 1. The number of primary amides is 1. The maximum Gasteiger partial charge on any atom is 0.204 e. The summed E-state index contributed by atoms with van der Waals surface area (Å²) in [6, 6.07) is 0. The molecule has 0 unspecified atom stereocenters. The molecule has 1 amide bonds. The van der Waals surface area contributed by atoms with Gasteiger partial charge in [-0.1, -0.05) is 27.7 Å². The maximum atomic E-state index is 8.58. The third-order valence-corrected chi connectivity index (χ3v) is 2.06. The minimum absolute atomic E-state index is 0.250. The van der Waals surface area contributed by atoms with Gasteiger partial charge in [0.25, 0.3) is 0 Å². The monoisotopic (exact) mass is 211 g/mol. The SMILES string of the molecule is CC(C)c1cn(C)nc1C(C)C.NC=O. The number of nitrogens with zero attached hydrogens (tertiary/aromatic N) is 2. The van der Waals surface area contributed by atoms with E-state index < -0.39 is 0 Å². The van der Waals surface area contributed by atoms with Gasteiger partial charge >= 0.3 is 0 Å². The van der Waals surface area contributed by atoms with E-state index in [1.165, 1.54) is 11.3 Å². The zero-order chi connectivity index (χ0) is 12.0. The fourth-order valence-electron chi connectivity index (χ4n) is 1.42. The van der Waals surface area contributed by atoms with Crippen LogP contribution in [0.2, 0.25) is 0 Å². The normalized spacial score (nSPS) is 10.1. The molecular formula is C11H21N3O. The molecule has 1 aromatic heterocycles. The first-order valence-electron chi connectivity index (χ1n) is 5.12. The lowest BCUT2D eigenvalue weighted by Gasteiger charge is -2.06. The molecule has 0 radical (unpaired) electrons. The zero-order valence-corrected chi connectivity index (χ0v) is 10.2. The van der Waals surface area contributed by atoms with Crippen LogP contribution < -0.4 is 5.73 Å². The molecule has 0 saturated carbocycles. The van der Waals surface area contributed by atoms with Crippen molar-refractivity contribution in [3.8, 4) is 0 Å². The lowest BCUT2D eigenvalue weighted by atomic mass is 9.98. The van der Waals surface area contributed by atoms with Crippen LogP contribution in [0.4, 0.5) is 0 Å². The molecule has 4 heteroatoms. The topological polar surface area (TPSA) is 60.9 Å². The molecular weight excluding hydrogens is 190 g/mol. The van der Waals surface area contributed by atoms with E-state index >= 15 is 0 Å². The highest BCUT2D eigenvalue weighted by Crippen LogP contribution is 2.23. The minimum atomic E-state index is 0.250. The zero-order valence-electron chi connectivity index (χ0n) is 10.2. The Hall–Kier alpha value is -1.32. The Morgan fingerprint density at radius 1 is 1.33 bits per heavy atom. The minimum Gasteiger partial charge on any atom is -0.372 e. The molecule has 1 aromatic rings. The lowest BCUT2D eigenvalue weighted by Crippen LogP contribution is -1.96. The molecule has 4 nitrogen and oxygen atoms in total. The molecule has 0 aromatic carbocycles. The standard InChI is InChI=1S/C10H18N2.CH3NO/c1-7(2)9-6-12(5)11-10(9)8(3)4;2-1-3/h6-8H,1-5H3;1H,(H2,2,3). The first-order valence-corrected chi connectivity index (χ1v) is 5.12. The third-order valence-electron chi connectivity index (χ3n) is 2.06. The van der Waals surface area contributed by atoms with Gasteiger partial charge in [-0.15, -0.1) is 0 Å². The summed E-state index contributed by atoms with van der Waals surface area (Å²) in [6.45, 7) is 8.80. The van der Waals surface area contributed by atoms with Crippen LogP contribution in [0.25, 0.3) is 0 Å². The van der Waals surface area contributed by atoms with Crippen LogP contribution in [0.1, 0.15) is 50.8 Å². The summed E-state index contributed by atoms with van der Waals surface area (Å²) in [4.78, 5) is 8.58. The van der Waals surface area contributed by atoms with E-state index in [1.807, 2.05) is 11.7 Å². The van der Waals surface area contributed by atoms with E-state index in [2.05, 4.69) is 44.7 Å². The van der Waals surface area contributed by atoms with Crippen LogP contribution in [-0.4, -0.2) is 16.2 Å². The Balaban J connectivity index is 0.000000583. The lowest BCUT2D eigenvalue weighted by molar-refractivity contribution is -0.106. The summed E-state index contributed by atoms with van der Waals surface area (Å²) in [7, 11) is 1.98. The molecule has 0 aliphatic heterocycles. The van der Waals surface area contributed by atoms with Gasteiger partial charge in [-0.2, -0.15) is 5.10 Å². The number of carbonyl (C=O) groups is 1. The van der Waals surface area contributed by atoms with Crippen molar-refractivity contribution in [2.75, 3.05) is 0 Å². The molecule has 1 rings (SSSR count). The van der Waals surface area contributed by atoms with Gasteiger partial charge in [-0.25, -0.2) is 0 Å². The van der Waals surface area contributed by atoms with E-state index in [-0.39, 0.29) is 6.41 Å². The predicted octanol–water partition coefficient (Wildman–Crippen LogP) is 1.77. The van der Waals surface area contributed by atoms with E-state index in [0.29, 0.717) is 11.8 Å². The molecule has 86 valence electrons. The Bertz CT molecular complexity index is 277. The van der Waals surface area contributed by atoms with Crippen molar-refractivity contribution in [3.05, 3.63) is 17.5 Å². The molecule has 0 aliphatic rings. The van der Waals surface area contributed by atoms with Gasteiger partial charge in [-0.05, 0) is 17.4 Å². The fraction of sp³-hybridized carbons (Fsp3) is 0.636. The van der Waals surface area contributed by atoms with Crippen LogP contribution >= 0.6 is 0 Å². The molecule has 0 aliphatic carbocycles. The van der Waals surface area contributed by atoms with Gasteiger partial charge in [0.1, 0.15) is 0 Å². The van der Waals surface area contributed by atoms with Crippen molar-refractivity contribution in [1.29, 1.82) is 0 Å². The molecule has 0 bridgehead atoms. The van der Waals surface area contributed by atoms with Crippen molar-refractivity contribution in [1.82, 2.24) is 9.78 Å². The quantitative estimate of drug-likeness (QED) is 0.758. The summed E-state index contributed by atoms with van der Waals surface area (Å²) in [5, 5.41) is 4.45. The number of rotatable bonds is 2. The van der Waals surface area contributed by atoms with Crippen molar-refractivity contribution in [2.45, 2.75) is 39.5 Å². The van der Waals surface area contributed by atoms with E-state index in [0.717, 1.165) is 0 Å². The maximum absolute atomic E-state index is 8.58.